The summed E-state index contributed by atoms with van der Waals surface area (Å²) in [5.74, 6) is -0.653. The summed E-state index contributed by atoms with van der Waals surface area (Å²) in [4.78, 5) is 14.7. The van der Waals surface area contributed by atoms with E-state index in [-0.39, 0.29) is 17.9 Å². The molecule has 1 aliphatic carbocycles. The van der Waals surface area contributed by atoms with Gasteiger partial charge in [0.25, 0.3) is 0 Å². The first kappa shape index (κ1) is 10.1. The average Bonchev–Trinajstić information content (AvgIpc) is 3.01. The minimum Gasteiger partial charge on any atom is -0.481 e. The number of rotatable bonds is 4. The molecule has 4 nitrogen and oxygen atoms in total. The van der Waals surface area contributed by atoms with E-state index < -0.39 is 5.97 Å². The number of pyridine rings is 1. The fourth-order valence-electron chi connectivity index (χ4n) is 2.07. The first-order valence-corrected chi connectivity index (χ1v) is 5.04. The molecule has 0 bridgehead atoms. The van der Waals surface area contributed by atoms with E-state index >= 15 is 0 Å². The zero-order valence-electron chi connectivity index (χ0n) is 8.55. The van der Waals surface area contributed by atoms with Crippen LogP contribution in [0.5, 0.6) is 0 Å². The Balaban J connectivity index is 2.10. The summed E-state index contributed by atoms with van der Waals surface area (Å²) in [5.41, 5.74) is 1.11. The molecule has 2 N–H and O–H groups in total. The second-order valence-corrected chi connectivity index (χ2v) is 3.89. The fourth-order valence-corrected chi connectivity index (χ4v) is 2.07. The van der Waals surface area contributed by atoms with E-state index in [0.29, 0.717) is 0 Å². The van der Waals surface area contributed by atoms with Crippen LogP contribution in [0.4, 0.5) is 0 Å². The number of hydrogen-bond donors (Lipinski definition) is 2. The van der Waals surface area contributed by atoms with E-state index in [2.05, 4.69) is 10.3 Å². The summed E-state index contributed by atoms with van der Waals surface area (Å²) in [6, 6.07) is 3.99. The third kappa shape index (κ3) is 1.99. The smallest absolute Gasteiger partial charge is 0.306 e. The van der Waals surface area contributed by atoms with Crippen LogP contribution in [0.15, 0.2) is 24.5 Å². The Morgan fingerprint density at radius 1 is 1.60 bits per heavy atom. The Bertz CT molecular complexity index is 353. The van der Waals surface area contributed by atoms with Gasteiger partial charge < -0.3 is 10.4 Å². The fraction of sp³-hybridized carbons (Fsp3) is 0.455. The summed E-state index contributed by atoms with van der Waals surface area (Å²) in [6.07, 6.45) is 4.23. The molecule has 1 fully saturated rings. The monoisotopic (exact) mass is 206 g/mol. The number of carbonyl (C=O) groups is 1. The molecule has 1 aromatic rings. The van der Waals surface area contributed by atoms with E-state index in [0.717, 1.165) is 12.0 Å². The lowest BCUT2D eigenvalue weighted by atomic mass is 10.0. The Hall–Kier alpha value is -1.42. The highest BCUT2D eigenvalue weighted by atomic mass is 16.4. The van der Waals surface area contributed by atoms with Crippen LogP contribution in [0.25, 0.3) is 0 Å². The van der Waals surface area contributed by atoms with Gasteiger partial charge in [-0.3, -0.25) is 9.78 Å². The van der Waals surface area contributed by atoms with E-state index in [9.17, 15) is 4.79 Å². The largest absolute Gasteiger partial charge is 0.481 e. The Morgan fingerprint density at radius 2 is 2.27 bits per heavy atom. The first-order chi connectivity index (χ1) is 7.24. The van der Waals surface area contributed by atoms with Gasteiger partial charge in [0.15, 0.2) is 0 Å². The molecule has 0 aromatic carbocycles. The van der Waals surface area contributed by atoms with Crippen molar-refractivity contribution in [1.82, 2.24) is 10.3 Å². The van der Waals surface area contributed by atoms with E-state index in [1.54, 1.807) is 12.4 Å². The number of nitrogens with zero attached hydrogens (tertiary/aromatic N) is 1. The van der Waals surface area contributed by atoms with Crippen molar-refractivity contribution in [3.8, 4) is 0 Å². The van der Waals surface area contributed by atoms with Crippen LogP contribution >= 0.6 is 0 Å². The summed E-state index contributed by atoms with van der Waals surface area (Å²) in [7, 11) is 1.86. The van der Waals surface area contributed by atoms with Crippen LogP contribution in [-0.4, -0.2) is 23.1 Å². The van der Waals surface area contributed by atoms with Gasteiger partial charge in [-0.2, -0.15) is 0 Å². The molecule has 2 rings (SSSR count). The predicted molar refractivity (Wildman–Crippen MR) is 55.3 cm³/mol. The number of carboxylic acid groups (broad SMARTS) is 1. The molecular weight excluding hydrogens is 192 g/mol. The van der Waals surface area contributed by atoms with Crippen LogP contribution < -0.4 is 5.32 Å². The second kappa shape index (κ2) is 3.98. The zero-order chi connectivity index (χ0) is 10.8. The van der Waals surface area contributed by atoms with Crippen molar-refractivity contribution >= 4 is 5.97 Å². The number of hydrogen-bond acceptors (Lipinski definition) is 3. The lowest BCUT2D eigenvalue weighted by Gasteiger charge is -2.15. The SMILES string of the molecule is CNC(c1ccncc1)C1CC1C(=O)O. The van der Waals surface area contributed by atoms with Gasteiger partial charge in [-0.25, -0.2) is 0 Å². The molecule has 0 aliphatic heterocycles. The highest BCUT2D eigenvalue weighted by molar-refractivity contribution is 5.73. The molecule has 0 saturated heterocycles. The van der Waals surface area contributed by atoms with E-state index in [1.165, 1.54) is 0 Å². The molecule has 1 heterocycles. The summed E-state index contributed by atoms with van der Waals surface area (Å²) < 4.78 is 0. The topological polar surface area (TPSA) is 62.2 Å². The van der Waals surface area contributed by atoms with Gasteiger partial charge in [0.1, 0.15) is 0 Å². The minimum absolute atomic E-state index is 0.133. The van der Waals surface area contributed by atoms with Gasteiger partial charge >= 0.3 is 5.97 Å². The average molecular weight is 206 g/mol. The number of nitrogens with one attached hydrogen (secondary N) is 1. The van der Waals surface area contributed by atoms with Crippen LogP contribution in [-0.2, 0) is 4.79 Å². The summed E-state index contributed by atoms with van der Waals surface area (Å²) >= 11 is 0. The van der Waals surface area contributed by atoms with E-state index in [4.69, 9.17) is 5.11 Å². The lowest BCUT2D eigenvalue weighted by Crippen LogP contribution is -2.20. The Labute approximate surface area is 88.3 Å². The lowest BCUT2D eigenvalue weighted by molar-refractivity contribution is -0.138. The van der Waals surface area contributed by atoms with Crippen molar-refractivity contribution in [1.29, 1.82) is 0 Å². The molecule has 80 valence electrons. The van der Waals surface area contributed by atoms with Crippen molar-refractivity contribution in [2.24, 2.45) is 11.8 Å². The van der Waals surface area contributed by atoms with Crippen LogP contribution in [0.3, 0.4) is 0 Å². The number of aromatic nitrogens is 1. The van der Waals surface area contributed by atoms with Gasteiger partial charge in [0.2, 0.25) is 0 Å². The molecule has 15 heavy (non-hydrogen) atoms. The maximum atomic E-state index is 10.8. The number of carboxylic acids is 1. The molecule has 0 radical (unpaired) electrons. The van der Waals surface area contributed by atoms with Gasteiger partial charge in [0.05, 0.1) is 5.92 Å². The minimum atomic E-state index is -0.686. The van der Waals surface area contributed by atoms with Gasteiger partial charge in [0, 0.05) is 18.4 Å². The van der Waals surface area contributed by atoms with Crippen molar-refractivity contribution in [3.05, 3.63) is 30.1 Å². The molecule has 4 heteroatoms. The third-order valence-electron chi connectivity index (χ3n) is 2.96. The summed E-state index contributed by atoms with van der Waals surface area (Å²) in [6.45, 7) is 0. The van der Waals surface area contributed by atoms with Crippen LogP contribution in [0, 0.1) is 11.8 Å². The first-order valence-electron chi connectivity index (χ1n) is 5.04. The van der Waals surface area contributed by atoms with E-state index in [1.807, 2.05) is 19.2 Å². The standard InChI is InChI=1S/C11H14N2O2/c1-12-10(7-2-4-13-5-3-7)8-6-9(8)11(14)15/h2-5,8-10,12H,6H2,1H3,(H,14,15). The molecule has 1 saturated carbocycles. The maximum absolute atomic E-state index is 10.8. The summed E-state index contributed by atoms with van der Waals surface area (Å²) in [5, 5.41) is 12.0. The van der Waals surface area contributed by atoms with Gasteiger partial charge in [-0.05, 0) is 37.1 Å². The van der Waals surface area contributed by atoms with Gasteiger partial charge in [-0.1, -0.05) is 0 Å². The Morgan fingerprint density at radius 3 is 2.73 bits per heavy atom. The van der Waals surface area contributed by atoms with Crippen molar-refractivity contribution in [3.63, 3.8) is 0 Å². The molecule has 3 unspecified atom stereocenters. The Kier molecular flexibility index (Phi) is 2.68. The zero-order valence-corrected chi connectivity index (χ0v) is 8.55. The number of aliphatic carboxylic acids is 1. The highest BCUT2D eigenvalue weighted by Gasteiger charge is 2.47. The third-order valence-corrected chi connectivity index (χ3v) is 2.96. The predicted octanol–water partition coefficient (Wildman–Crippen LogP) is 1.06. The molecule has 1 aliphatic rings. The van der Waals surface area contributed by atoms with Crippen molar-refractivity contribution in [2.45, 2.75) is 12.5 Å². The van der Waals surface area contributed by atoms with Crippen molar-refractivity contribution < 1.29 is 9.90 Å². The van der Waals surface area contributed by atoms with Gasteiger partial charge in [-0.15, -0.1) is 0 Å². The maximum Gasteiger partial charge on any atom is 0.306 e. The highest BCUT2D eigenvalue weighted by Crippen LogP contribution is 2.47. The molecular formula is C11H14N2O2. The molecule has 0 amide bonds. The second-order valence-electron chi connectivity index (χ2n) is 3.89. The molecule has 3 atom stereocenters. The van der Waals surface area contributed by atoms with Crippen LogP contribution in [0.1, 0.15) is 18.0 Å². The van der Waals surface area contributed by atoms with Crippen molar-refractivity contribution in [2.75, 3.05) is 7.05 Å². The molecule has 0 spiro atoms. The normalized spacial score (nSPS) is 25.9. The van der Waals surface area contributed by atoms with Crippen LogP contribution in [0.2, 0.25) is 0 Å². The molecule has 1 aromatic heterocycles. The quantitative estimate of drug-likeness (QED) is 0.773.